The zero-order chi connectivity index (χ0) is 12.4. The lowest BCUT2D eigenvalue weighted by molar-refractivity contribution is -0.157. The zero-order valence-electron chi connectivity index (χ0n) is 10.4. The van der Waals surface area contributed by atoms with Crippen molar-refractivity contribution in [2.45, 2.75) is 50.2 Å². The molecule has 2 aliphatic rings. The summed E-state index contributed by atoms with van der Waals surface area (Å²) in [5, 5.41) is 20.4. The van der Waals surface area contributed by atoms with Crippen LogP contribution in [0.3, 0.4) is 0 Å². The Morgan fingerprint density at radius 3 is 2.82 bits per heavy atom. The Kier molecular flexibility index (Phi) is 3.72. The number of aliphatic hydroxyl groups is 1. The monoisotopic (exact) mass is 239 g/mol. The number of ether oxygens (including phenoxy) is 2. The highest BCUT2D eigenvalue weighted by Crippen LogP contribution is 2.47. The van der Waals surface area contributed by atoms with Crippen molar-refractivity contribution in [1.82, 2.24) is 0 Å². The van der Waals surface area contributed by atoms with Crippen LogP contribution in [0.15, 0.2) is 0 Å². The van der Waals surface area contributed by atoms with Gasteiger partial charge in [0.25, 0.3) is 0 Å². The summed E-state index contributed by atoms with van der Waals surface area (Å²) in [7, 11) is 1.67. The van der Waals surface area contributed by atoms with E-state index < -0.39 is 11.0 Å². The predicted octanol–water partition coefficient (Wildman–Crippen LogP) is 1.63. The molecule has 17 heavy (non-hydrogen) atoms. The lowest BCUT2D eigenvalue weighted by Crippen LogP contribution is -2.55. The minimum Gasteiger partial charge on any atom is -0.388 e. The van der Waals surface area contributed by atoms with Crippen molar-refractivity contribution in [3.05, 3.63) is 0 Å². The number of hydrogen-bond donors (Lipinski definition) is 1. The first-order valence-electron chi connectivity index (χ1n) is 6.40. The molecule has 1 heterocycles. The minimum atomic E-state index is -0.943. The average molecular weight is 239 g/mol. The second-order valence-corrected chi connectivity index (χ2v) is 5.34. The predicted molar refractivity (Wildman–Crippen MR) is 62.3 cm³/mol. The summed E-state index contributed by atoms with van der Waals surface area (Å²) in [5.74, 6) is 0. The van der Waals surface area contributed by atoms with Gasteiger partial charge in [0.15, 0.2) is 0 Å². The molecule has 3 atom stereocenters. The summed E-state index contributed by atoms with van der Waals surface area (Å²) in [6.07, 6.45) is 4.79. The van der Waals surface area contributed by atoms with Crippen molar-refractivity contribution in [1.29, 1.82) is 5.26 Å². The van der Waals surface area contributed by atoms with Gasteiger partial charge < -0.3 is 14.6 Å². The standard InChI is InChI=1S/C13H21NO3/c1-16-11-4-2-6-13(15,8-11)12(9-14)5-3-7-17-10-12/h11,15H,2-8,10H2,1H3. The number of hydrogen-bond acceptors (Lipinski definition) is 4. The molecule has 2 rings (SSSR count). The highest BCUT2D eigenvalue weighted by molar-refractivity contribution is 5.14. The summed E-state index contributed by atoms with van der Waals surface area (Å²) in [5.41, 5.74) is -1.68. The second-order valence-electron chi connectivity index (χ2n) is 5.34. The fourth-order valence-electron chi connectivity index (χ4n) is 3.19. The Morgan fingerprint density at radius 2 is 2.24 bits per heavy atom. The Bertz CT molecular complexity index is 306. The third kappa shape index (κ3) is 2.20. The maximum Gasteiger partial charge on any atom is 0.109 e. The highest BCUT2D eigenvalue weighted by Gasteiger charge is 2.53. The average Bonchev–Trinajstić information content (AvgIpc) is 2.39. The Balaban J connectivity index is 2.19. The molecule has 4 nitrogen and oxygen atoms in total. The largest absolute Gasteiger partial charge is 0.388 e. The van der Waals surface area contributed by atoms with Crippen LogP contribution in [0.1, 0.15) is 38.5 Å². The number of nitrogens with zero attached hydrogens (tertiary/aromatic N) is 1. The normalized spacial score (nSPS) is 43.0. The van der Waals surface area contributed by atoms with Gasteiger partial charge in [-0.25, -0.2) is 0 Å². The van der Waals surface area contributed by atoms with Crippen LogP contribution in [0.2, 0.25) is 0 Å². The highest BCUT2D eigenvalue weighted by atomic mass is 16.5. The maximum atomic E-state index is 10.9. The molecule has 1 saturated heterocycles. The van der Waals surface area contributed by atoms with E-state index in [9.17, 15) is 10.4 Å². The van der Waals surface area contributed by atoms with E-state index in [0.717, 1.165) is 25.7 Å². The van der Waals surface area contributed by atoms with E-state index >= 15 is 0 Å². The van der Waals surface area contributed by atoms with Crippen LogP contribution in [0.5, 0.6) is 0 Å². The molecule has 0 aromatic rings. The molecule has 3 unspecified atom stereocenters. The first-order valence-corrected chi connectivity index (χ1v) is 6.40. The molecule has 96 valence electrons. The van der Waals surface area contributed by atoms with Gasteiger partial charge in [-0.05, 0) is 32.1 Å². The van der Waals surface area contributed by atoms with Gasteiger partial charge in [-0.1, -0.05) is 0 Å². The first kappa shape index (κ1) is 12.8. The van der Waals surface area contributed by atoms with Gasteiger partial charge in [0.1, 0.15) is 5.41 Å². The smallest absolute Gasteiger partial charge is 0.109 e. The molecule has 0 bridgehead atoms. The van der Waals surface area contributed by atoms with Gasteiger partial charge in [-0.3, -0.25) is 0 Å². The SMILES string of the molecule is COC1CCCC(O)(C2(C#N)CCCOC2)C1. The van der Waals surface area contributed by atoms with E-state index in [1.54, 1.807) is 7.11 Å². The van der Waals surface area contributed by atoms with Gasteiger partial charge in [-0.2, -0.15) is 5.26 Å². The van der Waals surface area contributed by atoms with Crippen LogP contribution in [0.25, 0.3) is 0 Å². The van der Waals surface area contributed by atoms with E-state index in [1.165, 1.54) is 0 Å². The summed E-state index contributed by atoms with van der Waals surface area (Å²) in [6.45, 7) is 1.06. The van der Waals surface area contributed by atoms with Gasteiger partial charge in [0, 0.05) is 20.1 Å². The van der Waals surface area contributed by atoms with Crippen molar-refractivity contribution in [2.75, 3.05) is 20.3 Å². The van der Waals surface area contributed by atoms with Crippen LogP contribution in [0, 0.1) is 16.7 Å². The van der Waals surface area contributed by atoms with Gasteiger partial charge in [0.2, 0.25) is 0 Å². The molecule has 0 radical (unpaired) electrons. The van der Waals surface area contributed by atoms with Crippen LogP contribution in [-0.2, 0) is 9.47 Å². The number of methoxy groups -OCH3 is 1. The third-order valence-electron chi connectivity index (χ3n) is 4.36. The lowest BCUT2D eigenvalue weighted by atomic mass is 9.63. The molecule has 0 amide bonds. The van der Waals surface area contributed by atoms with Crippen molar-refractivity contribution in [3.8, 4) is 6.07 Å². The fourth-order valence-corrected chi connectivity index (χ4v) is 3.19. The van der Waals surface area contributed by atoms with Gasteiger partial charge >= 0.3 is 0 Å². The quantitative estimate of drug-likeness (QED) is 0.795. The number of rotatable bonds is 2. The van der Waals surface area contributed by atoms with Gasteiger partial charge in [-0.15, -0.1) is 0 Å². The molecular formula is C13H21NO3. The minimum absolute atomic E-state index is 0.0703. The summed E-state index contributed by atoms with van der Waals surface area (Å²) < 4.78 is 10.8. The van der Waals surface area contributed by atoms with E-state index in [2.05, 4.69) is 6.07 Å². The lowest BCUT2D eigenvalue weighted by Gasteiger charge is -2.48. The molecule has 0 spiro atoms. The second kappa shape index (κ2) is 4.93. The first-order chi connectivity index (χ1) is 8.16. The van der Waals surface area contributed by atoms with E-state index in [4.69, 9.17) is 9.47 Å². The third-order valence-corrected chi connectivity index (χ3v) is 4.36. The van der Waals surface area contributed by atoms with Crippen molar-refractivity contribution in [3.63, 3.8) is 0 Å². The summed E-state index contributed by atoms with van der Waals surface area (Å²) >= 11 is 0. The van der Waals surface area contributed by atoms with Crippen molar-refractivity contribution >= 4 is 0 Å². The molecule has 4 heteroatoms. The molecule has 1 aliphatic heterocycles. The maximum absolute atomic E-state index is 10.9. The topological polar surface area (TPSA) is 62.5 Å². The molecule has 1 saturated carbocycles. The Hall–Kier alpha value is -0.630. The molecule has 0 aromatic heterocycles. The Labute approximate surface area is 103 Å². The fraction of sp³-hybridized carbons (Fsp3) is 0.923. The summed E-state index contributed by atoms with van der Waals surface area (Å²) in [4.78, 5) is 0. The molecular weight excluding hydrogens is 218 g/mol. The van der Waals surface area contributed by atoms with Crippen LogP contribution >= 0.6 is 0 Å². The van der Waals surface area contributed by atoms with Crippen LogP contribution in [0.4, 0.5) is 0 Å². The van der Waals surface area contributed by atoms with Gasteiger partial charge in [0.05, 0.1) is 24.4 Å². The van der Waals surface area contributed by atoms with Crippen LogP contribution in [-0.4, -0.2) is 37.1 Å². The Morgan fingerprint density at radius 1 is 1.41 bits per heavy atom. The van der Waals surface area contributed by atoms with E-state index in [1.807, 2.05) is 0 Å². The molecule has 2 fully saturated rings. The molecule has 0 aromatic carbocycles. The molecule has 1 aliphatic carbocycles. The summed E-state index contributed by atoms with van der Waals surface area (Å²) in [6, 6.07) is 2.34. The number of nitriles is 1. The van der Waals surface area contributed by atoms with E-state index in [-0.39, 0.29) is 6.10 Å². The molecule has 1 N–H and O–H groups in total. The van der Waals surface area contributed by atoms with Crippen LogP contribution < -0.4 is 0 Å². The van der Waals surface area contributed by atoms with Crippen molar-refractivity contribution < 1.29 is 14.6 Å². The zero-order valence-corrected chi connectivity index (χ0v) is 10.4. The van der Waals surface area contributed by atoms with E-state index in [0.29, 0.717) is 26.1 Å². The van der Waals surface area contributed by atoms with Crippen molar-refractivity contribution in [2.24, 2.45) is 5.41 Å².